The molecule has 3 fully saturated rings. The third-order valence-electron chi connectivity index (χ3n) is 16.0. The normalized spacial score (nSPS) is 24.4. The maximum absolute atomic E-state index is 16.9. The molecule has 5 heterocycles. The minimum Gasteiger partial charge on any atom is -0.508 e. The van der Waals surface area contributed by atoms with Crippen molar-refractivity contribution in [1.29, 1.82) is 0 Å². The van der Waals surface area contributed by atoms with Gasteiger partial charge in [-0.05, 0) is 114 Å². The summed E-state index contributed by atoms with van der Waals surface area (Å²) in [5.74, 6) is 5.06. The van der Waals surface area contributed by atoms with Crippen molar-refractivity contribution in [3.63, 3.8) is 0 Å². The molecule has 378 valence electrons. The van der Waals surface area contributed by atoms with Crippen LogP contribution >= 0.6 is 0 Å². The quantitative estimate of drug-likeness (QED) is 0.112. The lowest BCUT2D eigenvalue weighted by Crippen LogP contribution is -2.59. The maximum atomic E-state index is 16.9. The van der Waals surface area contributed by atoms with Crippen molar-refractivity contribution in [1.82, 2.24) is 20.0 Å². The van der Waals surface area contributed by atoms with E-state index in [-0.39, 0.29) is 12.5 Å². The fraction of sp³-hybridized carbons (Fsp3) is 0.290. The molecular weight excluding hydrogens is 943 g/mol. The van der Waals surface area contributed by atoms with Crippen LogP contribution in [0.2, 0.25) is 0 Å². The predicted molar refractivity (Wildman–Crippen MR) is 281 cm³/mol. The van der Waals surface area contributed by atoms with Crippen molar-refractivity contribution in [3.05, 3.63) is 202 Å². The number of hydrogen-bond acceptors (Lipinski definition) is 10. The highest BCUT2D eigenvalue weighted by Crippen LogP contribution is 2.66. The number of imide groups is 1. The summed E-state index contributed by atoms with van der Waals surface area (Å²) in [5, 5.41) is 14.0. The largest absolute Gasteiger partial charge is 0.508 e. The first kappa shape index (κ1) is 47.8. The number of ether oxygens (including phenoxy) is 3. The number of carbonyl (C=O) groups is 4. The SMILES string of the molecule is C[C@@H](NC(=O)N1C(=O)[C@@]2(c3cc(C#CC4=CCCCC4)ccc31)[C@H](c1ccc(O)cc1)N1[C@H](c3ccccc3)[C@H](c3ccccc3)OC(=O)[C@H]1[C@@H]2C(=O)N1CCN(Cc2ccc3c(c2)OCO3)CC1)c1ccccc1. The van der Waals surface area contributed by atoms with Crippen LogP contribution in [-0.2, 0) is 31.1 Å². The predicted octanol–water partition coefficient (Wildman–Crippen LogP) is 9.45. The molecule has 0 radical (unpaired) electrons. The Balaban J connectivity index is 1.05. The second-order valence-electron chi connectivity index (χ2n) is 20.3. The van der Waals surface area contributed by atoms with Crippen LogP contribution in [-0.4, -0.2) is 82.6 Å². The van der Waals surface area contributed by atoms with E-state index in [0.29, 0.717) is 66.6 Å². The zero-order valence-electron chi connectivity index (χ0n) is 41.6. The van der Waals surface area contributed by atoms with E-state index in [2.05, 4.69) is 28.1 Å². The lowest BCUT2D eigenvalue weighted by atomic mass is 9.64. The summed E-state index contributed by atoms with van der Waals surface area (Å²) in [4.78, 5) is 71.6. The van der Waals surface area contributed by atoms with E-state index in [4.69, 9.17) is 14.2 Å². The Labute approximate surface area is 436 Å². The number of fused-ring (bicyclic) bond motifs is 4. The number of phenolic OH excluding ortho intramolecular Hbond substituents is 1. The number of anilines is 1. The van der Waals surface area contributed by atoms with Gasteiger partial charge in [0.15, 0.2) is 11.5 Å². The molecule has 1 spiro atoms. The van der Waals surface area contributed by atoms with Crippen LogP contribution in [0.15, 0.2) is 163 Å². The maximum Gasteiger partial charge on any atom is 0.329 e. The molecule has 6 aromatic rings. The van der Waals surface area contributed by atoms with Crippen molar-refractivity contribution in [2.45, 2.75) is 74.8 Å². The Morgan fingerprint density at radius 1 is 0.747 bits per heavy atom. The molecule has 0 bridgehead atoms. The van der Waals surface area contributed by atoms with Crippen LogP contribution < -0.4 is 19.7 Å². The average Bonchev–Trinajstić information content (AvgIpc) is 4.16. The number of amides is 4. The van der Waals surface area contributed by atoms with Gasteiger partial charge in [-0.2, -0.15) is 0 Å². The molecule has 4 amide bonds. The summed E-state index contributed by atoms with van der Waals surface area (Å²) in [6.45, 7) is 4.27. The van der Waals surface area contributed by atoms with Gasteiger partial charge in [0.05, 0.1) is 29.7 Å². The molecule has 13 nitrogen and oxygen atoms in total. The smallest absolute Gasteiger partial charge is 0.329 e. The Morgan fingerprint density at radius 3 is 2.17 bits per heavy atom. The number of allylic oxidation sites excluding steroid dienone is 2. The first-order valence-electron chi connectivity index (χ1n) is 26.0. The molecule has 3 saturated heterocycles. The van der Waals surface area contributed by atoms with E-state index in [1.165, 1.54) is 4.90 Å². The average molecular weight is 1000 g/mol. The molecule has 1 aliphatic carbocycles. The summed E-state index contributed by atoms with van der Waals surface area (Å²) in [6.07, 6.45) is 5.24. The number of morpholine rings is 1. The number of nitrogens with zero attached hydrogens (tertiary/aromatic N) is 4. The Bertz CT molecular complexity index is 3260. The Kier molecular flexibility index (Phi) is 12.7. The van der Waals surface area contributed by atoms with E-state index in [9.17, 15) is 5.11 Å². The van der Waals surface area contributed by atoms with E-state index in [0.717, 1.165) is 53.5 Å². The van der Waals surface area contributed by atoms with Crippen LogP contribution in [0.1, 0.15) is 95.8 Å². The summed E-state index contributed by atoms with van der Waals surface area (Å²) >= 11 is 0. The first-order chi connectivity index (χ1) is 36.7. The van der Waals surface area contributed by atoms with Crippen LogP contribution in [0.3, 0.4) is 0 Å². The molecule has 6 aromatic carbocycles. The summed E-state index contributed by atoms with van der Waals surface area (Å²) in [6, 6.07) is 42.4. The highest BCUT2D eigenvalue weighted by Gasteiger charge is 2.76. The molecule has 7 atom stereocenters. The van der Waals surface area contributed by atoms with Crippen LogP contribution in [0, 0.1) is 17.8 Å². The molecule has 12 rings (SSSR count). The molecule has 0 unspecified atom stereocenters. The van der Waals surface area contributed by atoms with Crippen molar-refractivity contribution in [3.8, 4) is 29.1 Å². The van der Waals surface area contributed by atoms with E-state index < -0.39 is 65.4 Å². The van der Waals surface area contributed by atoms with Crippen LogP contribution in [0.5, 0.6) is 17.2 Å². The minimum atomic E-state index is -1.95. The molecule has 6 aliphatic rings. The van der Waals surface area contributed by atoms with Gasteiger partial charge >= 0.3 is 12.0 Å². The van der Waals surface area contributed by atoms with Gasteiger partial charge in [0.25, 0.3) is 0 Å². The molecular formula is C62H57N5O8. The van der Waals surface area contributed by atoms with Crippen molar-refractivity contribution in [2.75, 3.05) is 37.9 Å². The van der Waals surface area contributed by atoms with Gasteiger partial charge in [-0.1, -0.05) is 127 Å². The Morgan fingerprint density at radius 2 is 1.45 bits per heavy atom. The minimum absolute atomic E-state index is 0.00273. The van der Waals surface area contributed by atoms with Gasteiger partial charge in [-0.25, -0.2) is 9.69 Å². The van der Waals surface area contributed by atoms with Gasteiger partial charge in [0, 0.05) is 38.3 Å². The van der Waals surface area contributed by atoms with E-state index in [1.54, 1.807) is 35.2 Å². The number of piperazine rings is 1. The van der Waals surface area contributed by atoms with Gasteiger partial charge < -0.3 is 29.5 Å². The number of nitrogens with one attached hydrogen (secondary N) is 1. The van der Waals surface area contributed by atoms with Gasteiger partial charge in [-0.3, -0.25) is 24.2 Å². The standard InChI is InChI=1S/C62H57N5O8/c1-40(44-16-8-3-9-17-44)63-61(72)66-50-30-24-42(23-22-41-14-6-2-7-15-41)36-49(50)62(60(66)71)53(58(69)65-34-32-64(33-35-65)38-43-25-31-51-52(37-43)74-39-73-51)55-59(70)75-56(46-20-12-5-13-21-46)54(45-18-10-4-11-19-45)67(55)57(62)47-26-28-48(68)29-27-47/h3-5,8-14,16-21,24-31,36-37,40,53-57,68H,2,6-7,15,32-35,38-39H2,1H3,(H,63,72)/t40-,53-,54-,55-,56+,57+,62-/m1/s1. The monoisotopic (exact) mass is 999 g/mol. The van der Waals surface area contributed by atoms with Crippen molar-refractivity contribution in [2.24, 2.45) is 5.92 Å². The highest BCUT2D eigenvalue weighted by atomic mass is 16.7. The van der Waals surface area contributed by atoms with Crippen LogP contribution in [0.4, 0.5) is 10.5 Å². The second kappa shape index (κ2) is 19.9. The highest BCUT2D eigenvalue weighted by molar-refractivity contribution is 6.24. The summed E-state index contributed by atoms with van der Waals surface area (Å²) in [7, 11) is 0. The lowest BCUT2D eigenvalue weighted by molar-refractivity contribution is -0.179. The second-order valence-corrected chi connectivity index (χ2v) is 20.3. The number of carbonyl (C=O) groups excluding carboxylic acids is 4. The topological polar surface area (TPSA) is 141 Å². The number of urea groups is 1. The summed E-state index contributed by atoms with van der Waals surface area (Å²) in [5.41, 5.74) is 4.33. The molecule has 13 heteroatoms. The van der Waals surface area contributed by atoms with E-state index >= 15 is 19.2 Å². The van der Waals surface area contributed by atoms with Gasteiger partial charge in [0.2, 0.25) is 18.6 Å². The molecule has 0 aromatic heterocycles. The number of hydrogen-bond donors (Lipinski definition) is 2. The van der Waals surface area contributed by atoms with Crippen molar-refractivity contribution < 1.29 is 38.5 Å². The van der Waals surface area contributed by atoms with Crippen LogP contribution in [0.25, 0.3) is 0 Å². The zero-order chi connectivity index (χ0) is 51.2. The molecule has 5 aliphatic heterocycles. The van der Waals surface area contributed by atoms with Gasteiger partial charge in [-0.15, -0.1) is 0 Å². The van der Waals surface area contributed by atoms with Gasteiger partial charge in [0.1, 0.15) is 23.3 Å². The molecule has 0 saturated carbocycles. The fourth-order valence-electron chi connectivity index (χ4n) is 12.4. The lowest BCUT2D eigenvalue weighted by Gasteiger charge is -2.46. The number of rotatable bonds is 8. The Hall–Kier alpha value is -8.18. The number of esters is 1. The molecule has 75 heavy (non-hydrogen) atoms. The zero-order valence-corrected chi connectivity index (χ0v) is 41.6. The third kappa shape index (κ3) is 8.57. The fourth-order valence-corrected chi connectivity index (χ4v) is 12.4. The number of benzene rings is 6. The first-order valence-corrected chi connectivity index (χ1v) is 26.0. The number of phenols is 1. The number of cyclic esters (lactones) is 1. The van der Waals surface area contributed by atoms with Crippen molar-refractivity contribution >= 4 is 29.5 Å². The molecule has 2 N–H and O–H groups in total. The number of aromatic hydroxyl groups is 1. The third-order valence-corrected chi connectivity index (χ3v) is 16.0. The van der Waals surface area contributed by atoms with E-state index in [1.807, 2.05) is 133 Å². The summed E-state index contributed by atoms with van der Waals surface area (Å²) < 4.78 is 18.0.